The Bertz CT molecular complexity index is 519. The van der Waals surface area contributed by atoms with Crippen LogP contribution in [-0.4, -0.2) is 60.9 Å². The molecule has 4 fully saturated rings. The molecule has 2 heterocycles. The summed E-state index contributed by atoms with van der Waals surface area (Å²) in [5, 5.41) is 18.5. The Morgan fingerprint density at radius 3 is 2.55 bits per heavy atom. The van der Waals surface area contributed by atoms with Crippen molar-refractivity contribution in [2.75, 3.05) is 32.7 Å². The molecule has 166 valence electrons. The molecule has 0 bridgehead atoms. The molecule has 2 aliphatic heterocycles. The van der Waals surface area contributed by atoms with E-state index in [0.717, 1.165) is 30.7 Å². The van der Waals surface area contributed by atoms with Crippen LogP contribution in [0.4, 0.5) is 0 Å². The summed E-state index contributed by atoms with van der Waals surface area (Å²) in [6.07, 6.45) is 14.5. The van der Waals surface area contributed by atoms with Crippen LogP contribution in [0.3, 0.4) is 0 Å². The van der Waals surface area contributed by atoms with Gasteiger partial charge < -0.3 is 15.7 Å². The molecular formula is C23H42N4O2. The van der Waals surface area contributed by atoms with Gasteiger partial charge in [-0.3, -0.25) is 10.2 Å². The molecule has 4 aliphatic rings. The lowest BCUT2D eigenvalue weighted by molar-refractivity contribution is -0.136. The summed E-state index contributed by atoms with van der Waals surface area (Å²) in [4.78, 5) is 11.1. The molecule has 2 aliphatic carbocycles. The highest BCUT2D eigenvalue weighted by molar-refractivity contribution is 5.69. The predicted molar refractivity (Wildman–Crippen MR) is 116 cm³/mol. The average molecular weight is 407 g/mol. The van der Waals surface area contributed by atoms with Crippen molar-refractivity contribution in [1.82, 2.24) is 21.1 Å². The fourth-order valence-electron chi connectivity index (χ4n) is 6.66. The Balaban J connectivity index is 1.33. The molecule has 5 unspecified atom stereocenters. The second kappa shape index (κ2) is 10.6. The second-order valence-electron chi connectivity index (χ2n) is 10.3. The maximum absolute atomic E-state index is 11.1. The zero-order valence-electron chi connectivity index (χ0n) is 18.1. The van der Waals surface area contributed by atoms with Crippen molar-refractivity contribution in [3.63, 3.8) is 0 Å². The highest BCUT2D eigenvalue weighted by atomic mass is 16.4. The van der Waals surface area contributed by atoms with Crippen LogP contribution in [0.1, 0.15) is 70.6 Å². The molecule has 6 heteroatoms. The van der Waals surface area contributed by atoms with E-state index in [4.69, 9.17) is 5.11 Å². The summed E-state index contributed by atoms with van der Waals surface area (Å²) in [6, 6.07) is 0.947. The van der Waals surface area contributed by atoms with Gasteiger partial charge in [0.25, 0.3) is 0 Å². The fraction of sp³-hybridized carbons (Fsp3) is 0.957. The monoisotopic (exact) mass is 406 g/mol. The van der Waals surface area contributed by atoms with Crippen LogP contribution < -0.4 is 16.1 Å². The highest BCUT2D eigenvalue weighted by Crippen LogP contribution is 2.42. The van der Waals surface area contributed by atoms with E-state index < -0.39 is 5.97 Å². The maximum Gasteiger partial charge on any atom is 0.317 e. The van der Waals surface area contributed by atoms with E-state index in [1.165, 1.54) is 83.8 Å². The largest absolute Gasteiger partial charge is 0.480 e. The number of carbonyl (C=O) groups is 1. The first-order chi connectivity index (χ1) is 14.2. The first-order valence-electron chi connectivity index (χ1n) is 12.3. The Morgan fingerprint density at radius 1 is 0.966 bits per heavy atom. The molecule has 0 amide bonds. The number of hydrazine groups is 1. The highest BCUT2D eigenvalue weighted by Gasteiger charge is 2.39. The van der Waals surface area contributed by atoms with E-state index in [9.17, 15) is 4.79 Å². The quantitative estimate of drug-likeness (QED) is 0.521. The number of aliphatic carboxylic acids is 1. The minimum atomic E-state index is -0.729. The van der Waals surface area contributed by atoms with Gasteiger partial charge in [-0.1, -0.05) is 32.1 Å². The Hall–Kier alpha value is -0.690. The molecule has 4 N–H and O–H groups in total. The van der Waals surface area contributed by atoms with E-state index in [1.54, 1.807) is 0 Å². The number of carboxylic acids is 1. The van der Waals surface area contributed by atoms with Crippen molar-refractivity contribution >= 4 is 5.97 Å². The molecule has 0 radical (unpaired) electrons. The fourth-order valence-corrected chi connectivity index (χ4v) is 6.66. The summed E-state index contributed by atoms with van der Waals surface area (Å²) in [5.74, 6) is 2.37. The van der Waals surface area contributed by atoms with Crippen molar-refractivity contribution in [1.29, 1.82) is 0 Å². The average Bonchev–Trinajstić information content (AvgIpc) is 3.22. The summed E-state index contributed by atoms with van der Waals surface area (Å²) < 4.78 is 0. The first-order valence-corrected chi connectivity index (χ1v) is 12.3. The third-order valence-electron chi connectivity index (χ3n) is 8.14. The minimum absolute atomic E-state index is 0.105. The standard InChI is InChI=1S/C23H42N4O2/c28-23(29)15-25-21-12-19(18-6-2-1-3-7-18)11-20(13-21)22-8-10-27(26-22)16-17-5-4-9-24-14-17/h17-22,24-26H,1-16H2,(H,28,29). The van der Waals surface area contributed by atoms with E-state index >= 15 is 0 Å². The lowest BCUT2D eigenvalue weighted by Crippen LogP contribution is -2.48. The molecule has 0 aromatic rings. The molecule has 4 rings (SSSR count). The van der Waals surface area contributed by atoms with Crippen LogP contribution in [0, 0.1) is 23.7 Å². The number of nitrogens with zero attached hydrogens (tertiary/aromatic N) is 1. The third-order valence-corrected chi connectivity index (χ3v) is 8.14. The molecule has 6 nitrogen and oxygen atoms in total. The minimum Gasteiger partial charge on any atom is -0.480 e. The molecular weight excluding hydrogens is 364 g/mol. The van der Waals surface area contributed by atoms with Crippen LogP contribution in [0.25, 0.3) is 0 Å². The van der Waals surface area contributed by atoms with Gasteiger partial charge >= 0.3 is 5.97 Å². The number of piperidine rings is 1. The van der Waals surface area contributed by atoms with Gasteiger partial charge in [0.05, 0.1) is 6.54 Å². The van der Waals surface area contributed by atoms with Crippen molar-refractivity contribution in [2.45, 2.75) is 82.7 Å². The maximum atomic E-state index is 11.1. The van der Waals surface area contributed by atoms with E-state index in [2.05, 4.69) is 21.1 Å². The normalized spacial score (nSPS) is 37.6. The number of rotatable bonds is 7. The van der Waals surface area contributed by atoms with Gasteiger partial charge in [0.15, 0.2) is 0 Å². The zero-order valence-corrected chi connectivity index (χ0v) is 18.1. The van der Waals surface area contributed by atoms with Crippen molar-refractivity contribution in [3.8, 4) is 0 Å². The number of nitrogens with one attached hydrogen (secondary N) is 3. The number of hydrogen-bond donors (Lipinski definition) is 4. The van der Waals surface area contributed by atoms with Crippen molar-refractivity contribution in [2.24, 2.45) is 23.7 Å². The molecule has 2 saturated heterocycles. The molecule has 29 heavy (non-hydrogen) atoms. The van der Waals surface area contributed by atoms with E-state index in [1.807, 2.05) is 0 Å². The molecule has 0 spiro atoms. The summed E-state index contributed by atoms with van der Waals surface area (Å²) in [5.41, 5.74) is 3.88. The Labute approximate surface area is 176 Å². The lowest BCUT2D eigenvalue weighted by Gasteiger charge is -2.42. The van der Waals surface area contributed by atoms with E-state index in [0.29, 0.717) is 18.0 Å². The second-order valence-corrected chi connectivity index (χ2v) is 10.3. The molecule has 0 aromatic heterocycles. The summed E-state index contributed by atoms with van der Waals surface area (Å²) >= 11 is 0. The SMILES string of the molecule is O=C(O)CNC1CC(C2CCCCC2)CC(C2CCN(CC3CCCNC3)N2)C1. The molecule has 0 aromatic carbocycles. The van der Waals surface area contributed by atoms with Crippen LogP contribution in [0.5, 0.6) is 0 Å². The van der Waals surface area contributed by atoms with Gasteiger partial charge in [-0.05, 0) is 75.3 Å². The summed E-state index contributed by atoms with van der Waals surface area (Å²) in [6.45, 7) is 4.79. The third kappa shape index (κ3) is 6.16. The zero-order chi connectivity index (χ0) is 20.1. The van der Waals surface area contributed by atoms with Crippen LogP contribution in [0.15, 0.2) is 0 Å². The number of hydrogen-bond acceptors (Lipinski definition) is 5. The van der Waals surface area contributed by atoms with Gasteiger partial charge in [0, 0.05) is 25.2 Å². The van der Waals surface area contributed by atoms with Crippen LogP contribution >= 0.6 is 0 Å². The smallest absolute Gasteiger partial charge is 0.317 e. The van der Waals surface area contributed by atoms with Crippen molar-refractivity contribution < 1.29 is 9.90 Å². The number of carboxylic acid groups (broad SMARTS) is 1. The van der Waals surface area contributed by atoms with Gasteiger partial charge in [-0.15, -0.1) is 0 Å². The van der Waals surface area contributed by atoms with Gasteiger partial charge in [-0.2, -0.15) is 0 Å². The Morgan fingerprint density at radius 2 is 1.79 bits per heavy atom. The van der Waals surface area contributed by atoms with Crippen molar-refractivity contribution in [3.05, 3.63) is 0 Å². The van der Waals surface area contributed by atoms with Gasteiger partial charge in [0.2, 0.25) is 0 Å². The first kappa shape index (κ1) is 21.5. The van der Waals surface area contributed by atoms with Gasteiger partial charge in [0.1, 0.15) is 0 Å². The van der Waals surface area contributed by atoms with Crippen LogP contribution in [0.2, 0.25) is 0 Å². The Kier molecular flexibility index (Phi) is 7.84. The molecule has 2 saturated carbocycles. The predicted octanol–water partition coefficient (Wildman–Crippen LogP) is 2.60. The lowest BCUT2D eigenvalue weighted by atomic mass is 9.67. The van der Waals surface area contributed by atoms with Gasteiger partial charge in [-0.25, -0.2) is 5.01 Å². The topological polar surface area (TPSA) is 76.6 Å². The molecule has 5 atom stereocenters. The van der Waals surface area contributed by atoms with E-state index in [-0.39, 0.29) is 6.54 Å². The summed E-state index contributed by atoms with van der Waals surface area (Å²) in [7, 11) is 0. The van der Waals surface area contributed by atoms with Crippen LogP contribution in [-0.2, 0) is 4.79 Å².